The van der Waals surface area contributed by atoms with E-state index in [0.29, 0.717) is 28.1 Å². The van der Waals surface area contributed by atoms with Crippen molar-refractivity contribution in [1.29, 1.82) is 0 Å². The number of carbonyl (C=O) groups is 1. The predicted octanol–water partition coefficient (Wildman–Crippen LogP) is 3.06. The van der Waals surface area contributed by atoms with Crippen molar-refractivity contribution < 1.29 is 9.53 Å². The average molecular weight is 278 g/mol. The van der Waals surface area contributed by atoms with Crippen LogP contribution in [-0.4, -0.2) is 17.9 Å². The topological polar surface area (TPSA) is 65.2 Å². The Balaban J connectivity index is 2.18. The van der Waals surface area contributed by atoms with Crippen LogP contribution in [0.15, 0.2) is 54.7 Å². The molecule has 0 amide bonds. The van der Waals surface area contributed by atoms with Gasteiger partial charge in [-0.3, -0.25) is 9.78 Å². The molecule has 4 heteroatoms. The minimum absolute atomic E-state index is 0.157. The van der Waals surface area contributed by atoms with E-state index in [-0.39, 0.29) is 5.78 Å². The average Bonchev–Trinajstić information content (AvgIpc) is 2.54. The van der Waals surface area contributed by atoms with Gasteiger partial charge in [0, 0.05) is 22.7 Å². The minimum Gasteiger partial charge on any atom is -0.495 e. The SMILES string of the molecule is COc1cccc(C(=O)c2cccc3cccnc23)c1N. The first kappa shape index (κ1) is 13.1. The third-order valence-electron chi connectivity index (χ3n) is 3.41. The number of hydrogen-bond acceptors (Lipinski definition) is 4. The normalized spacial score (nSPS) is 10.5. The fraction of sp³-hybridized carbons (Fsp3) is 0.0588. The van der Waals surface area contributed by atoms with Crippen molar-refractivity contribution in [3.8, 4) is 5.75 Å². The Hall–Kier alpha value is -2.88. The summed E-state index contributed by atoms with van der Waals surface area (Å²) in [5.41, 5.74) is 7.99. The standard InChI is InChI=1S/C17H14N2O2/c1-21-14-9-3-7-12(15(14)18)17(20)13-8-2-5-11-6-4-10-19-16(11)13/h2-10H,18H2,1H3. The van der Waals surface area contributed by atoms with Gasteiger partial charge in [0.25, 0.3) is 0 Å². The van der Waals surface area contributed by atoms with Gasteiger partial charge in [-0.05, 0) is 24.3 Å². The Morgan fingerprint density at radius 3 is 2.57 bits per heavy atom. The largest absolute Gasteiger partial charge is 0.495 e. The van der Waals surface area contributed by atoms with Gasteiger partial charge >= 0.3 is 0 Å². The number of ketones is 1. The van der Waals surface area contributed by atoms with E-state index in [4.69, 9.17) is 10.5 Å². The number of hydrogen-bond donors (Lipinski definition) is 1. The number of pyridine rings is 1. The van der Waals surface area contributed by atoms with Crippen LogP contribution in [0.4, 0.5) is 5.69 Å². The van der Waals surface area contributed by atoms with Crippen LogP contribution in [0.3, 0.4) is 0 Å². The summed E-state index contributed by atoms with van der Waals surface area (Å²) < 4.78 is 5.17. The van der Waals surface area contributed by atoms with Crippen molar-refractivity contribution in [2.45, 2.75) is 0 Å². The number of anilines is 1. The van der Waals surface area contributed by atoms with Crippen LogP contribution in [0.25, 0.3) is 10.9 Å². The zero-order valence-corrected chi connectivity index (χ0v) is 11.5. The maximum Gasteiger partial charge on any atom is 0.197 e. The highest BCUT2D eigenvalue weighted by Gasteiger charge is 2.17. The molecule has 1 heterocycles. The quantitative estimate of drug-likeness (QED) is 0.590. The second-order valence-electron chi connectivity index (χ2n) is 4.63. The van der Waals surface area contributed by atoms with Crippen molar-refractivity contribution in [2.24, 2.45) is 0 Å². The number of para-hydroxylation sites is 2. The second kappa shape index (κ2) is 5.25. The number of methoxy groups -OCH3 is 1. The highest BCUT2D eigenvalue weighted by Crippen LogP contribution is 2.28. The molecular formula is C17H14N2O2. The lowest BCUT2D eigenvalue weighted by atomic mass is 9.99. The Morgan fingerprint density at radius 1 is 1.05 bits per heavy atom. The van der Waals surface area contributed by atoms with Gasteiger partial charge in [0.15, 0.2) is 5.78 Å². The van der Waals surface area contributed by atoms with Gasteiger partial charge in [-0.25, -0.2) is 0 Å². The van der Waals surface area contributed by atoms with Crippen molar-refractivity contribution in [2.75, 3.05) is 12.8 Å². The molecule has 3 rings (SSSR count). The lowest BCUT2D eigenvalue weighted by molar-refractivity contribution is 0.104. The third kappa shape index (κ3) is 2.21. The smallest absolute Gasteiger partial charge is 0.197 e. The summed E-state index contributed by atoms with van der Waals surface area (Å²) in [4.78, 5) is 17.1. The van der Waals surface area contributed by atoms with Crippen LogP contribution in [0.5, 0.6) is 5.75 Å². The zero-order valence-electron chi connectivity index (χ0n) is 11.5. The molecule has 0 atom stereocenters. The number of nitrogens with two attached hydrogens (primary N) is 1. The molecule has 3 aromatic rings. The van der Waals surface area contributed by atoms with Crippen molar-refractivity contribution in [3.05, 3.63) is 65.9 Å². The lowest BCUT2D eigenvalue weighted by Gasteiger charge is -2.10. The summed E-state index contributed by atoms with van der Waals surface area (Å²) in [6, 6.07) is 14.5. The highest BCUT2D eigenvalue weighted by atomic mass is 16.5. The molecule has 0 aliphatic carbocycles. The molecular weight excluding hydrogens is 264 g/mol. The van der Waals surface area contributed by atoms with E-state index in [9.17, 15) is 4.79 Å². The van der Waals surface area contributed by atoms with Gasteiger partial charge in [-0.15, -0.1) is 0 Å². The summed E-state index contributed by atoms with van der Waals surface area (Å²) in [5.74, 6) is 0.338. The third-order valence-corrected chi connectivity index (χ3v) is 3.41. The molecule has 4 nitrogen and oxygen atoms in total. The van der Waals surface area contributed by atoms with Gasteiger partial charge < -0.3 is 10.5 Å². The van der Waals surface area contributed by atoms with Crippen molar-refractivity contribution in [3.63, 3.8) is 0 Å². The molecule has 2 N–H and O–H groups in total. The van der Waals surface area contributed by atoms with Gasteiger partial charge in [-0.2, -0.15) is 0 Å². The van der Waals surface area contributed by atoms with Crippen LogP contribution >= 0.6 is 0 Å². The van der Waals surface area contributed by atoms with Gasteiger partial charge in [0.2, 0.25) is 0 Å². The molecule has 1 aromatic heterocycles. The van der Waals surface area contributed by atoms with Crippen LogP contribution in [0.2, 0.25) is 0 Å². The highest BCUT2D eigenvalue weighted by molar-refractivity contribution is 6.18. The van der Waals surface area contributed by atoms with E-state index in [1.165, 1.54) is 7.11 Å². The van der Waals surface area contributed by atoms with E-state index in [1.54, 1.807) is 30.5 Å². The lowest BCUT2D eigenvalue weighted by Crippen LogP contribution is -2.07. The molecule has 0 saturated carbocycles. The summed E-state index contributed by atoms with van der Waals surface area (Å²) in [6.45, 7) is 0. The first-order chi connectivity index (χ1) is 10.2. The zero-order chi connectivity index (χ0) is 14.8. The maximum atomic E-state index is 12.8. The first-order valence-corrected chi connectivity index (χ1v) is 6.53. The van der Waals surface area contributed by atoms with Crippen molar-refractivity contribution >= 4 is 22.4 Å². The van der Waals surface area contributed by atoms with Crippen LogP contribution < -0.4 is 10.5 Å². The van der Waals surface area contributed by atoms with Crippen LogP contribution in [0.1, 0.15) is 15.9 Å². The van der Waals surface area contributed by atoms with E-state index in [2.05, 4.69) is 4.98 Å². The van der Waals surface area contributed by atoms with E-state index < -0.39 is 0 Å². The summed E-state index contributed by atoms with van der Waals surface area (Å²) in [7, 11) is 1.53. The van der Waals surface area contributed by atoms with E-state index in [1.807, 2.05) is 24.3 Å². The maximum absolute atomic E-state index is 12.8. The number of nitrogen functional groups attached to an aromatic ring is 1. The monoisotopic (exact) mass is 278 g/mol. The fourth-order valence-corrected chi connectivity index (χ4v) is 2.35. The summed E-state index contributed by atoms with van der Waals surface area (Å²) in [6.07, 6.45) is 1.67. The molecule has 0 unspecified atom stereocenters. The molecule has 2 aromatic carbocycles. The molecule has 0 radical (unpaired) electrons. The Bertz CT molecular complexity index is 823. The van der Waals surface area contributed by atoms with Gasteiger partial charge in [0.1, 0.15) is 5.75 Å². The Morgan fingerprint density at radius 2 is 1.76 bits per heavy atom. The number of ether oxygens (including phenoxy) is 1. The predicted molar refractivity (Wildman–Crippen MR) is 82.6 cm³/mol. The molecule has 0 bridgehead atoms. The number of carbonyl (C=O) groups excluding carboxylic acids is 1. The summed E-state index contributed by atoms with van der Waals surface area (Å²) in [5, 5.41) is 0.921. The van der Waals surface area contributed by atoms with Gasteiger partial charge in [0.05, 0.1) is 18.3 Å². The Kier molecular flexibility index (Phi) is 3.28. The molecule has 0 aliphatic rings. The van der Waals surface area contributed by atoms with Gasteiger partial charge in [-0.1, -0.05) is 24.3 Å². The first-order valence-electron chi connectivity index (χ1n) is 6.53. The van der Waals surface area contributed by atoms with E-state index >= 15 is 0 Å². The van der Waals surface area contributed by atoms with E-state index in [0.717, 1.165) is 5.39 Å². The number of fused-ring (bicyclic) bond motifs is 1. The fourth-order valence-electron chi connectivity index (χ4n) is 2.35. The molecule has 0 fully saturated rings. The van der Waals surface area contributed by atoms with Crippen LogP contribution in [-0.2, 0) is 0 Å². The van der Waals surface area contributed by atoms with Crippen LogP contribution in [0, 0.1) is 0 Å². The molecule has 21 heavy (non-hydrogen) atoms. The Labute approximate surface area is 122 Å². The second-order valence-corrected chi connectivity index (χ2v) is 4.63. The molecule has 0 saturated heterocycles. The molecule has 0 aliphatic heterocycles. The number of aromatic nitrogens is 1. The number of nitrogens with zero attached hydrogens (tertiary/aromatic N) is 1. The minimum atomic E-state index is -0.157. The molecule has 104 valence electrons. The number of rotatable bonds is 3. The summed E-state index contributed by atoms with van der Waals surface area (Å²) >= 11 is 0. The molecule has 0 spiro atoms. The van der Waals surface area contributed by atoms with Crippen molar-refractivity contribution in [1.82, 2.24) is 4.98 Å². The number of benzene rings is 2.